The Bertz CT molecular complexity index is 1100. The van der Waals surface area contributed by atoms with E-state index in [9.17, 15) is 18.0 Å². The van der Waals surface area contributed by atoms with Crippen LogP contribution in [-0.2, 0) is 23.0 Å². The molecular weight excluding hydrogens is 448 g/mol. The van der Waals surface area contributed by atoms with E-state index in [4.69, 9.17) is 0 Å². The van der Waals surface area contributed by atoms with Crippen molar-refractivity contribution in [3.8, 4) is 0 Å². The molecule has 1 aromatic heterocycles. The Morgan fingerprint density at radius 1 is 1.12 bits per heavy atom. The first-order valence-electron chi connectivity index (χ1n) is 10.6. The molecule has 10 heteroatoms. The van der Waals surface area contributed by atoms with Crippen molar-refractivity contribution in [1.29, 1.82) is 0 Å². The number of carbonyl (C=O) groups is 2. The summed E-state index contributed by atoms with van der Waals surface area (Å²) < 4.78 is 25.7. The fourth-order valence-corrected chi connectivity index (χ4v) is 5.90. The number of thiophene rings is 1. The largest absolute Gasteiger partial charge is 0.339 e. The average Bonchev–Trinajstić information content (AvgIpc) is 3.11. The SMILES string of the molecule is CCN(CC)C(=O)c1c(NC(=O)c2ccc(S(=O)(=O)N(C)C)cc2)sc2c1CCN(C)C2. The molecule has 2 amide bonds. The van der Waals surface area contributed by atoms with Gasteiger partial charge in [-0.2, -0.15) is 0 Å². The molecule has 0 spiro atoms. The maximum atomic E-state index is 13.3. The highest BCUT2D eigenvalue weighted by atomic mass is 32.2. The van der Waals surface area contributed by atoms with Gasteiger partial charge in [0.1, 0.15) is 5.00 Å². The van der Waals surface area contributed by atoms with E-state index in [-0.39, 0.29) is 16.7 Å². The Kier molecular flexibility index (Phi) is 7.39. The molecule has 2 aromatic rings. The van der Waals surface area contributed by atoms with E-state index >= 15 is 0 Å². The quantitative estimate of drug-likeness (QED) is 0.661. The first-order chi connectivity index (χ1) is 15.1. The van der Waals surface area contributed by atoms with Crippen LogP contribution in [0, 0.1) is 0 Å². The molecule has 0 fully saturated rings. The number of rotatable bonds is 7. The van der Waals surface area contributed by atoms with Crippen molar-refractivity contribution in [3.05, 3.63) is 45.8 Å². The Hall–Kier alpha value is -2.27. The van der Waals surface area contributed by atoms with Crippen LogP contribution in [0.4, 0.5) is 5.00 Å². The van der Waals surface area contributed by atoms with Crippen molar-refractivity contribution in [1.82, 2.24) is 14.1 Å². The molecule has 8 nitrogen and oxygen atoms in total. The second-order valence-electron chi connectivity index (χ2n) is 7.94. The van der Waals surface area contributed by atoms with E-state index in [2.05, 4.69) is 10.2 Å². The third-order valence-corrected chi connectivity index (χ3v) is 8.60. The summed E-state index contributed by atoms with van der Waals surface area (Å²) in [5, 5.41) is 3.47. The van der Waals surface area contributed by atoms with Crippen molar-refractivity contribution in [2.45, 2.75) is 31.7 Å². The number of nitrogens with zero attached hydrogens (tertiary/aromatic N) is 3. The van der Waals surface area contributed by atoms with Gasteiger partial charge in [-0.15, -0.1) is 11.3 Å². The molecule has 1 aromatic carbocycles. The monoisotopic (exact) mass is 478 g/mol. The van der Waals surface area contributed by atoms with Gasteiger partial charge in [0.15, 0.2) is 0 Å². The molecule has 0 bridgehead atoms. The number of likely N-dealkylation sites (N-methyl/N-ethyl adjacent to an activating group) is 1. The van der Waals surface area contributed by atoms with Gasteiger partial charge in [0.05, 0.1) is 10.5 Å². The zero-order chi connectivity index (χ0) is 23.6. The average molecular weight is 479 g/mol. The molecule has 0 unspecified atom stereocenters. The molecule has 0 radical (unpaired) electrons. The minimum Gasteiger partial charge on any atom is -0.339 e. The van der Waals surface area contributed by atoms with Crippen LogP contribution in [0.2, 0.25) is 0 Å². The summed E-state index contributed by atoms with van der Waals surface area (Å²) in [4.78, 5) is 31.4. The second kappa shape index (κ2) is 9.70. The zero-order valence-corrected chi connectivity index (χ0v) is 20.8. The Morgan fingerprint density at radius 3 is 2.31 bits per heavy atom. The standard InChI is InChI=1S/C22H30N4O4S2/c1-6-26(7-2)22(28)19-17-12-13-25(5)14-18(17)31-21(19)23-20(27)15-8-10-16(11-9-15)32(29,30)24(3)4/h8-11H,6-7,12-14H2,1-5H3,(H,23,27). The van der Waals surface area contributed by atoms with Crippen LogP contribution >= 0.6 is 11.3 Å². The molecule has 1 aliphatic rings. The first-order valence-corrected chi connectivity index (χ1v) is 12.8. The lowest BCUT2D eigenvalue weighted by Crippen LogP contribution is -2.33. The predicted octanol–water partition coefficient (Wildman–Crippen LogP) is 2.72. The van der Waals surface area contributed by atoms with Crippen molar-refractivity contribution >= 4 is 38.2 Å². The van der Waals surface area contributed by atoms with Crippen LogP contribution in [0.15, 0.2) is 29.2 Å². The van der Waals surface area contributed by atoms with E-state index in [0.717, 1.165) is 34.3 Å². The summed E-state index contributed by atoms with van der Waals surface area (Å²) in [6, 6.07) is 5.80. The highest BCUT2D eigenvalue weighted by Crippen LogP contribution is 2.38. The first kappa shape index (κ1) is 24.4. The summed E-state index contributed by atoms with van der Waals surface area (Å²) in [6.07, 6.45) is 0.762. The van der Waals surface area contributed by atoms with E-state index in [1.165, 1.54) is 49.7 Å². The van der Waals surface area contributed by atoms with Gasteiger partial charge in [0.25, 0.3) is 11.8 Å². The van der Waals surface area contributed by atoms with Crippen LogP contribution in [-0.4, -0.2) is 75.1 Å². The molecule has 32 heavy (non-hydrogen) atoms. The Morgan fingerprint density at radius 2 is 1.75 bits per heavy atom. The van der Waals surface area contributed by atoms with Crippen molar-refractivity contribution in [2.75, 3.05) is 46.1 Å². The molecule has 3 rings (SSSR count). The lowest BCUT2D eigenvalue weighted by Gasteiger charge is -2.24. The number of sulfonamides is 1. The van der Waals surface area contributed by atoms with Crippen LogP contribution in [0.1, 0.15) is 45.0 Å². The number of anilines is 1. The zero-order valence-electron chi connectivity index (χ0n) is 19.1. The third-order valence-electron chi connectivity index (χ3n) is 5.63. The number of fused-ring (bicyclic) bond motifs is 1. The second-order valence-corrected chi connectivity index (χ2v) is 11.2. The topological polar surface area (TPSA) is 90.0 Å². The lowest BCUT2D eigenvalue weighted by atomic mass is 10.0. The highest BCUT2D eigenvalue weighted by Gasteiger charge is 2.30. The van der Waals surface area contributed by atoms with Gasteiger partial charge in [-0.25, -0.2) is 12.7 Å². The molecule has 1 N–H and O–H groups in total. The molecule has 1 aliphatic heterocycles. The molecule has 2 heterocycles. The maximum absolute atomic E-state index is 13.3. The minimum atomic E-state index is -3.57. The maximum Gasteiger partial charge on any atom is 0.257 e. The number of hydrogen-bond donors (Lipinski definition) is 1. The fraction of sp³-hybridized carbons (Fsp3) is 0.455. The van der Waals surface area contributed by atoms with Gasteiger partial charge < -0.3 is 15.1 Å². The van der Waals surface area contributed by atoms with Crippen LogP contribution in [0.25, 0.3) is 0 Å². The third kappa shape index (κ3) is 4.73. The number of hydrogen-bond acceptors (Lipinski definition) is 6. The molecule has 0 saturated heterocycles. The molecular formula is C22H30N4O4S2. The van der Waals surface area contributed by atoms with Crippen LogP contribution < -0.4 is 5.32 Å². The molecule has 0 saturated carbocycles. The summed E-state index contributed by atoms with van der Waals surface area (Å²) in [5.74, 6) is -0.445. The van der Waals surface area contributed by atoms with Gasteiger partial charge in [-0.1, -0.05) is 0 Å². The van der Waals surface area contributed by atoms with Crippen molar-refractivity contribution in [3.63, 3.8) is 0 Å². The summed E-state index contributed by atoms with van der Waals surface area (Å²) in [7, 11) is 1.39. The number of nitrogens with one attached hydrogen (secondary N) is 1. The van der Waals surface area contributed by atoms with Gasteiger partial charge in [0.2, 0.25) is 10.0 Å². The predicted molar refractivity (Wildman–Crippen MR) is 127 cm³/mol. The van der Waals surface area contributed by atoms with E-state index in [0.29, 0.717) is 29.2 Å². The van der Waals surface area contributed by atoms with Gasteiger partial charge in [-0.05, 0) is 57.1 Å². The fourth-order valence-electron chi connectivity index (χ4n) is 3.68. The van der Waals surface area contributed by atoms with E-state index < -0.39 is 10.0 Å². The van der Waals surface area contributed by atoms with E-state index in [1.54, 1.807) is 4.90 Å². The van der Waals surface area contributed by atoms with Gasteiger partial charge in [0, 0.05) is 50.7 Å². The Balaban J connectivity index is 1.93. The number of amides is 2. The number of benzene rings is 1. The van der Waals surface area contributed by atoms with Crippen molar-refractivity contribution < 1.29 is 18.0 Å². The van der Waals surface area contributed by atoms with Crippen LogP contribution in [0.3, 0.4) is 0 Å². The highest BCUT2D eigenvalue weighted by molar-refractivity contribution is 7.89. The van der Waals surface area contributed by atoms with Crippen molar-refractivity contribution in [2.24, 2.45) is 0 Å². The number of carbonyl (C=O) groups excluding carboxylic acids is 2. The summed E-state index contributed by atoms with van der Waals surface area (Å²) >= 11 is 1.44. The molecule has 0 aliphatic carbocycles. The Labute approximate surface area is 193 Å². The molecule has 174 valence electrons. The molecule has 0 atom stereocenters. The lowest BCUT2D eigenvalue weighted by molar-refractivity contribution is 0.0772. The summed E-state index contributed by atoms with van der Waals surface area (Å²) in [5.41, 5.74) is 1.93. The smallest absolute Gasteiger partial charge is 0.257 e. The minimum absolute atomic E-state index is 0.0697. The normalized spacial score (nSPS) is 14.3. The van der Waals surface area contributed by atoms with Gasteiger partial charge >= 0.3 is 0 Å². The summed E-state index contributed by atoms with van der Waals surface area (Å²) in [6.45, 7) is 6.66. The van der Waals surface area contributed by atoms with Gasteiger partial charge in [-0.3, -0.25) is 9.59 Å². The van der Waals surface area contributed by atoms with Crippen LogP contribution in [0.5, 0.6) is 0 Å². The van der Waals surface area contributed by atoms with E-state index in [1.807, 2.05) is 20.9 Å².